The summed E-state index contributed by atoms with van der Waals surface area (Å²) in [6.07, 6.45) is 2.17. The third-order valence-electron chi connectivity index (χ3n) is 3.96. The van der Waals surface area contributed by atoms with Crippen LogP contribution in [-0.4, -0.2) is 54.9 Å². The maximum Gasteiger partial charge on any atom is 0.240 e. The van der Waals surface area contributed by atoms with Gasteiger partial charge in [0.05, 0.1) is 13.1 Å². The van der Waals surface area contributed by atoms with E-state index < -0.39 is 0 Å². The first kappa shape index (κ1) is 16.0. The first-order chi connectivity index (χ1) is 11.0. The van der Waals surface area contributed by atoms with E-state index in [9.17, 15) is 4.79 Å². The van der Waals surface area contributed by atoms with Gasteiger partial charge >= 0.3 is 0 Å². The number of carbonyl (C=O) groups excluding carboxylic acids is 1. The van der Waals surface area contributed by atoms with Crippen molar-refractivity contribution in [3.63, 3.8) is 0 Å². The molecular formula is C14H21N7OS. The lowest BCUT2D eigenvalue weighted by Gasteiger charge is -2.23. The highest BCUT2D eigenvalue weighted by Gasteiger charge is 2.27. The molecule has 2 aromatic heterocycles. The van der Waals surface area contributed by atoms with Gasteiger partial charge in [0, 0.05) is 6.04 Å². The number of likely N-dealkylation sites (tertiary alicyclic amines) is 1. The van der Waals surface area contributed by atoms with Gasteiger partial charge < -0.3 is 0 Å². The van der Waals surface area contributed by atoms with Crippen molar-refractivity contribution in [2.75, 3.05) is 18.4 Å². The summed E-state index contributed by atoms with van der Waals surface area (Å²) in [5.41, 5.74) is 0. The van der Waals surface area contributed by atoms with E-state index in [0.29, 0.717) is 17.7 Å². The predicted octanol–water partition coefficient (Wildman–Crippen LogP) is 1.16. The van der Waals surface area contributed by atoms with E-state index in [1.165, 1.54) is 11.3 Å². The van der Waals surface area contributed by atoms with Crippen LogP contribution in [0.2, 0.25) is 0 Å². The third kappa shape index (κ3) is 3.91. The van der Waals surface area contributed by atoms with E-state index in [2.05, 4.69) is 30.5 Å². The smallest absolute Gasteiger partial charge is 0.240 e. The fourth-order valence-corrected chi connectivity index (χ4v) is 3.54. The molecule has 124 valence electrons. The van der Waals surface area contributed by atoms with Crippen molar-refractivity contribution in [2.45, 2.75) is 46.2 Å². The molecule has 1 saturated heterocycles. The standard InChI is InChI=1S/C14H21N7OS/c1-9-15-10(2)21(19-9)7-12-5-4-6-20(12)8-13(22)16-14-18-17-11(3)23-14/h12H,4-8H2,1-3H3,(H,16,18,22)/t12-/m1/s1. The Labute approximate surface area is 138 Å². The zero-order valence-corrected chi connectivity index (χ0v) is 14.4. The van der Waals surface area contributed by atoms with Gasteiger partial charge in [0.25, 0.3) is 0 Å². The van der Waals surface area contributed by atoms with Crippen LogP contribution in [0.25, 0.3) is 0 Å². The first-order valence-corrected chi connectivity index (χ1v) is 8.55. The maximum atomic E-state index is 12.2. The number of anilines is 1. The summed E-state index contributed by atoms with van der Waals surface area (Å²) in [7, 11) is 0. The Bertz CT molecular complexity index is 695. The topological polar surface area (TPSA) is 88.8 Å². The van der Waals surface area contributed by atoms with Crippen LogP contribution < -0.4 is 5.32 Å². The lowest BCUT2D eigenvalue weighted by atomic mass is 10.2. The van der Waals surface area contributed by atoms with Crippen molar-refractivity contribution in [3.8, 4) is 0 Å². The van der Waals surface area contributed by atoms with E-state index in [1.54, 1.807) is 0 Å². The molecule has 3 heterocycles. The van der Waals surface area contributed by atoms with Crippen molar-refractivity contribution < 1.29 is 4.79 Å². The monoisotopic (exact) mass is 335 g/mol. The summed E-state index contributed by atoms with van der Waals surface area (Å²) in [6.45, 7) is 7.80. The molecule has 1 atom stereocenters. The van der Waals surface area contributed by atoms with Crippen LogP contribution in [0, 0.1) is 20.8 Å². The molecule has 9 heteroatoms. The number of rotatable bonds is 5. The van der Waals surface area contributed by atoms with E-state index in [4.69, 9.17) is 0 Å². The second-order valence-electron chi connectivity index (χ2n) is 5.83. The van der Waals surface area contributed by atoms with Gasteiger partial charge in [-0.25, -0.2) is 9.67 Å². The summed E-state index contributed by atoms with van der Waals surface area (Å²) < 4.78 is 1.93. The van der Waals surface area contributed by atoms with Gasteiger partial charge in [-0.1, -0.05) is 11.3 Å². The van der Waals surface area contributed by atoms with Crippen molar-refractivity contribution in [1.29, 1.82) is 0 Å². The molecule has 0 radical (unpaired) electrons. The highest BCUT2D eigenvalue weighted by molar-refractivity contribution is 7.15. The van der Waals surface area contributed by atoms with Crippen LogP contribution >= 0.6 is 11.3 Å². The number of hydrogen-bond donors (Lipinski definition) is 1. The van der Waals surface area contributed by atoms with Gasteiger partial charge in [0.15, 0.2) is 0 Å². The molecule has 2 aromatic rings. The summed E-state index contributed by atoms with van der Waals surface area (Å²) in [5.74, 6) is 1.67. The van der Waals surface area contributed by atoms with Crippen LogP contribution in [0.4, 0.5) is 5.13 Å². The number of carbonyl (C=O) groups is 1. The highest BCUT2D eigenvalue weighted by atomic mass is 32.1. The number of aromatic nitrogens is 5. The Hall–Kier alpha value is -1.87. The second-order valence-corrected chi connectivity index (χ2v) is 7.01. The quantitative estimate of drug-likeness (QED) is 0.882. The first-order valence-electron chi connectivity index (χ1n) is 7.73. The van der Waals surface area contributed by atoms with Crippen molar-refractivity contribution in [1.82, 2.24) is 29.9 Å². The summed E-state index contributed by atoms with van der Waals surface area (Å²) in [6, 6.07) is 0.316. The molecule has 3 rings (SSSR count). The Morgan fingerprint density at radius 3 is 2.83 bits per heavy atom. The lowest BCUT2D eigenvalue weighted by molar-refractivity contribution is -0.117. The SMILES string of the molecule is Cc1nc(C)n(C[C@H]2CCCN2CC(=O)Nc2nnc(C)s2)n1. The lowest BCUT2D eigenvalue weighted by Crippen LogP contribution is -2.39. The minimum absolute atomic E-state index is 0.0421. The number of aryl methyl sites for hydroxylation is 3. The Morgan fingerprint density at radius 2 is 2.17 bits per heavy atom. The van der Waals surface area contributed by atoms with E-state index >= 15 is 0 Å². The third-order valence-corrected chi connectivity index (χ3v) is 4.72. The molecule has 1 aliphatic rings. The minimum Gasteiger partial charge on any atom is -0.299 e. The van der Waals surface area contributed by atoms with Crippen molar-refractivity contribution >= 4 is 22.4 Å². The van der Waals surface area contributed by atoms with E-state index in [-0.39, 0.29) is 5.91 Å². The van der Waals surface area contributed by atoms with Gasteiger partial charge in [-0.05, 0) is 40.2 Å². The molecule has 0 spiro atoms. The van der Waals surface area contributed by atoms with Gasteiger partial charge in [-0.2, -0.15) is 5.10 Å². The van der Waals surface area contributed by atoms with Gasteiger partial charge in [0.1, 0.15) is 16.7 Å². The molecule has 0 saturated carbocycles. The summed E-state index contributed by atoms with van der Waals surface area (Å²) >= 11 is 1.39. The van der Waals surface area contributed by atoms with Gasteiger partial charge in [0.2, 0.25) is 11.0 Å². The molecule has 0 aromatic carbocycles. The molecule has 0 bridgehead atoms. The molecule has 1 fully saturated rings. The number of nitrogens with one attached hydrogen (secondary N) is 1. The van der Waals surface area contributed by atoms with Crippen LogP contribution in [-0.2, 0) is 11.3 Å². The van der Waals surface area contributed by atoms with Gasteiger partial charge in [-0.3, -0.25) is 15.0 Å². The average Bonchev–Trinajstić information content (AvgIpc) is 3.15. The van der Waals surface area contributed by atoms with Crippen LogP contribution in [0.5, 0.6) is 0 Å². The Balaban J connectivity index is 1.58. The minimum atomic E-state index is -0.0421. The summed E-state index contributed by atoms with van der Waals surface area (Å²) in [5, 5.41) is 16.5. The summed E-state index contributed by atoms with van der Waals surface area (Å²) in [4.78, 5) is 18.7. The average molecular weight is 335 g/mol. The highest BCUT2D eigenvalue weighted by Crippen LogP contribution is 2.19. The van der Waals surface area contributed by atoms with Crippen LogP contribution in [0.3, 0.4) is 0 Å². The second kappa shape index (κ2) is 6.71. The number of nitrogens with zero attached hydrogens (tertiary/aromatic N) is 6. The molecular weight excluding hydrogens is 314 g/mol. The molecule has 0 aliphatic carbocycles. The zero-order valence-electron chi connectivity index (χ0n) is 13.6. The van der Waals surface area contributed by atoms with Crippen LogP contribution in [0.15, 0.2) is 0 Å². The van der Waals surface area contributed by atoms with Crippen molar-refractivity contribution in [3.05, 3.63) is 16.7 Å². The largest absolute Gasteiger partial charge is 0.299 e. The van der Waals surface area contributed by atoms with Crippen molar-refractivity contribution in [2.24, 2.45) is 0 Å². The molecule has 1 N–H and O–H groups in total. The zero-order chi connectivity index (χ0) is 16.4. The molecule has 1 amide bonds. The molecule has 0 unspecified atom stereocenters. The Morgan fingerprint density at radius 1 is 1.35 bits per heavy atom. The molecule has 8 nitrogen and oxygen atoms in total. The maximum absolute atomic E-state index is 12.2. The molecule has 1 aliphatic heterocycles. The Kier molecular flexibility index (Phi) is 4.67. The van der Waals surface area contributed by atoms with E-state index in [0.717, 1.165) is 42.6 Å². The number of amides is 1. The van der Waals surface area contributed by atoms with Gasteiger partial charge in [-0.15, -0.1) is 10.2 Å². The van der Waals surface area contributed by atoms with Crippen LogP contribution in [0.1, 0.15) is 29.5 Å². The predicted molar refractivity (Wildman–Crippen MR) is 87.4 cm³/mol. The fraction of sp³-hybridized carbons (Fsp3) is 0.643. The number of hydrogen-bond acceptors (Lipinski definition) is 7. The normalized spacial score (nSPS) is 18.5. The van der Waals surface area contributed by atoms with E-state index in [1.807, 2.05) is 25.5 Å². The fourth-order valence-electron chi connectivity index (χ4n) is 2.93. The molecule has 23 heavy (non-hydrogen) atoms.